The van der Waals surface area contributed by atoms with E-state index in [0.29, 0.717) is 16.5 Å². The van der Waals surface area contributed by atoms with E-state index in [9.17, 15) is 4.39 Å². The molecule has 0 aliphatic carbocycles. The van der Waals surface area contributed by atoms with Gasteiger partial charge in [0.25, 0.3) is 0 Å². The van der Waals surface area contributed by atoms with Crippen molar-refractivity contribution < 1.29 is 4.39 Å². The van der Waals surface area contributed by atoms with Gasteiger partial charge in [-0.3, -0.25) is 11.3 Å². The first kappa shape index (κ1) is 12.2. The average molecular weight is 271 g/mol. The molecule has 0 aliphatic rings. The number of hydrazine groups is 1. The highest BCUT2D eigenvalue weighted by atomic mass is 79.9. The van der Waals surface area contributed by atoms with Crippen LogP contribution in [-0.4, -0.2) is 0 Å². The fourth-order valence-corrected chi connectivity index (χ4v) is 1.63. The molecule has 0 aliphatic heterocycles. The smallest absolute Gasteiger partial charge is 0.142 e. The van der Waals surface area contributed by atoms with Crippen molar-refractivity contribution in [1.29, 1.82) is 0 Å². The molecule has 0 saturated carbocycles. The summed E-state index contributed by atoms with van der Waals surface area (Å²) in [5.74, 6) is 10.7. The summed E-state index contributed by atoms with van der Waals surface area (Å²) in [6.07, 6.45) is 0.486. The van der Waals surface area contributed by atoms with Crippen LogP contribution in [0, 0.1) is 17.7 Å². The molecule has 0 bridgehead atoms. The van der Waals surface area contributed by atoms with Crippen LogP contribution < -0.4 is 11.3 Å². The monoisotopic (exact) mass is 270 g/mol. The molecule has 0 amide bonds. The van der Waals surface area contributed by atoms with E-state index in [1.165, 1.54) is 0 Å². The Morgan fingerprint density at radius 3 is 2.93 bits per heavy atom. The van der Waals surface area contributed by atoms with Crippen LogP contribution in [0.5, 0.6) is 0 Å². The lowest BCUT2D eigenvalue weighted by molar-refractivity contribution is 0.518. The zero-order valence-electron chi connectivity index (χ0n) is 8.35. The zero-order chi connectivity index (χ0) is 11.3. The Balaban J connectivity index is 2.99. The van der Waals surface area contributed by atoms with E-state index in [-0.39, 0.29) is 11.9 Å². The summed E-state index contributed by atoms with van der Waals surface area (Å²) < 4.78 is 14.1. The Morgan fingerprint density at radius 2 is 2.33 bits per heavy atom. The van der Waals surface area contributed by atoms with Crippen LogP contribution in [0.4, 0.5) is 4.39 Å². The third-order valence-electron chi connectivity index (χ3n) is 2.04. The highest BCUT2D eigenvalue weighted by Crippen LogP contribution is 2.24. The number of hydrogen-bond donors (Lipinski definition) is 2. The molecule has 0 fully saturated rings. The molecule has 1 aromatic carbocycles. The molecule has 0 aromatic heterocycles. The van der Waals surface area contributed by atoms with Crippen molar-refractivity contribution in [2.24, 2.45) is 5.84 Å². The van der Waals surface area contributed by atoms with Gasteiger partial charge in [0.05, 0.1) is 10.5 Å². The predicted molar refractivity (Wildman–Crippen MR) is 62.2 cm³/mol. The number of nitrogens with one attached hydrogen (secondary N) is 1. The van der Waals surface area contributed by atoms with Crippen molar-refractivity contribution >= 4 is 15.9 Å². The van der Waals surface area contributed by atoms with Crippen LogP contribution in [-0.2, 0) is 0 Å². The fraction of sp³-hybridized carbons (Fsp3) is 0.273. The van der Waals surface area contributed by atoms with Crippen LogP contribution in [0.3, 0.4) is 0 Å². The molecule has 0 saturated heterocycles. The quantitative estimate of drug-likeness (QED) is 0.503. The van der Waals surface area contributed by atoms with E-state index in [1.807, 2.05) is 0 Å². The average Bonchev–Trinajstić information content (AvgIpc) is 2.25. The minimum Gasteiger partial charge on any atom is -0.271 e. The Kier molecular flexibility index (Phi) is 4.76. The summed E-state index contributed by atoms with van der Waals surface area (Å²) in [4.78, 5) is 0. The molecule has 0 heterocycles. The summed E-state index contributed by atoms with van der Waals surface area (Å²) in [6.45, 7) is 1.74. The molecule has 0 radical (unpaired) electrons. The second kappa shape index (κ2) is 5.86. The van der Waals surface area contributed by atoms with Crippen LogP contribution in [0.2, 0.25) is 0 Å². The largest absolute Gasteiger partial charge is 0.271 e. The Labute approximate surface area is 97.1 Å². The van der Waals surface area contributed by atoms with Gasteiger partial charge >= 0.3 is 0 Å². The van der Waals surface area contributed by atoms with Gasteiger partial charge in [0.15, 0.2) is 0 Å². The number of hydrogen-bond acceptors (Lipinski definition) is 2. The van der Waals surface area contributed by atoms with Crippen LogP contribution in [0.15, 0.2) is 22.7 Å². The molecule has 1 aromatic rings. The van der Waals surface area contributed by atoms with Crippen LogP contribution >= 0.6 is 15.9 Å². The Bertz CT molecular complexity index is 395. The first-order chi connectivity index (χ1) is 7.20. The van der Waals surface area contributed by atoms with Gasteiger partial charge in [-0.2, -0.15) is 0 Å². The van der Waals surface area contributed by atoms with E-state index >= 15 is 0 Å². The molecule has 80 valence electrons. The van der Waals surface area contributed by atoms with E-state index in [2.05, 4.69) is 33.2 Å². The zero-order valence-corrected chi connectivity index (χ0v) is 9.94. The van der Waals surface area contributed by atoms with Gasteiger partial charge in [0, 0.05) is 12.0 Å². The van der Waals surface area contributed by atoms with Crippen molar-refractivity contribution in [2.75, 3.05) is 0 Å². The molecule has 4 heteroatoms. The van der Waals surface area contributed by atoms with Crippen LogP contribution in [0.1, 0.15) is 24.9 Å². The van der Waals surface area contributed by atoms with E-state index in [4.69, 9.17) is 5.84 Å². The lowest BCUT2D eigenvalue weighted by Gasteiger charge is -2.14. The summed E-state index contributed by atoms with van der Waals surface area (Å²) in [5.41, 5.74) is 3.08. The minimum absolute atomic E-state index is 0.282. The van der Waals surface area contributed by atoms with E-state index in [1.54, 1.807) is 25.1 Å². The maximum absolute atomic E-state index is 13.7. The summed E-state index contributed by atoms with van der Waals surface area (Å²) in [7, 11) is 0. The van der Waals surface area contributed by atoms with Gasteiger partial charge in [-0.1, -0.05) is 12.1 Å². The first-order valence-electron chi connectivity index (χ1n) is 4.50. The Hall–Kier alpha value is -0.890. The summed E-state index contributed by atoms with van der Waals surface area (Å²) in [5, 5.41) is 0. The van der Waals surface area contributed by atoms with Gasteiger partial charge < -0.3 is 0 Å². The molecule has 15 heavy (non-hydrogen) atoms. The molecule has 1 rings (SSSR count). The third kappa shape index (κ3) is 3.03. The molecular weight excluding hydrogens is 259 g/mol. The lowest BCUT2D eigenvalue weighted by atomic mass is 10.0. The maximum atomic E-state index is 13.7. The second-order valence-electron chi connectivity index (χ2n) is 2.99. The van der Waals surface area contributed by atoms with E-state index in [0.717, 1.165) is 0 Å². The van der Waals surface area contributed by atoms with Gasteiger partial charge in [-0.15, -0.1) is 11.8 Å². The number of rotatable bonds is 3. The fourth-order valence-electron chi connectivity index (χ4n) is 1.25. The first-order valence-corrected chi connectivity index (χ1v) is 5.29. The molecular formula is C11H12BrFN2. The lowest BCUT2D eigenvalue weighted by Crippen LogP contribution is -2.28. The minimum atomic E-state index is -0.293. The molecule has 2 nitrogen and oxygen atoms in total. The van der Waals surface area contributed by atoms with Crippen molar-refractivity contribution in [2.45, 2.75) is 19.4 Å². The van der Waals surface area contributed by atoms with Crippen molar-refractivity contribution in [1.82, 2.24) is 5.43 Å². The van der Waals surface area contributed by atoms with Crippen LogP contribution in [0.25, 0.3) is 0 Å². The molecule has 1 atom stereocenters. The van der Waals surface area contributed by atoms with Gasteiger partial charge in [0.1, 0.15) is 5.82 Å². The van der Waals surface area contributed by atoms with Crippen molar-refractivity contribution in [3.63, 3.8) is 0 Å². The van der Waals surface area contributed by atoms with E-state index < -0.39 is 0 Å². The molecule has 0 spiro atoms. The highest BCUT2D eigenvalue weighted by Gasteiger charge is 2.14. The van der Waals surface area contributed by atoms with Gasteiger partial charge in [-0.05, 0) is 28.9 Å². The summed E-state index contributed by atoms with van der Waals surface area (Å²) >= 11 is 3.13. The SMILES string of the molecule is CC#CCC(NN)c1cccc(Br)c1F. The summed E-state index contributed by atoms with van der Waals surface area (Å²) in [6, 6.07) is 4.83. The number of nitrogens with two attached hydrogens (primary N) is 1. The second-order valence-corrected chi connectivity index (χ2v) is 3.85. The highest BCUT2D eigenvalue weighted by molar-refractivity contribution is 9.10. The van der Waals surface area contributed by atoms with Gasteiger partial charge in [-0.25, -0.2) is 4.39 Å². The topological polar surface area (TPSA) is 38.0 Å². The van der Waals surface area contributed by atoms with Crippen molar-refractivity contribution in [3.8, 4) is 11.8 Å². The van der Waals surface area contributed by atoms with Gasteiger partial charge in [0.2, 0.25) is 0 Å². The normalized spacial score (nSPS) is 11.7. The molecule has 1 unspecified atom stereocenters. The number of halogens is 2. The standard InChI is InChI=1S/C11H12BrFN2/c1-2-3-7-10(15-14)8-5-4-6-9(12)11(8)13/h4-6,10,15H,7,14H2,1H3. The predicted octanol–water partition coefficient (Wildman–Crippen LogP) is 2.51. The Morgan fingerprint density at radius 1 is 1.60 bits per heavy atom. The third-order valence-corrected chi connectivity index (χ3v) is 2.65. The van der Waals surface area contributed by atoms with Crippen molar-refractivity contribution in [3.05, 3.63) is 34.1 Å². The molecule has 3 N–H and O–H groups in total. The maximum Gasteiger partial charge on any atom is 0.142 e. The number of benzene rings is 1.